The van der Waals surface area contributed by atoms with Crippen LogP contribution < -0.4 is 15.7 Å². The normalized spacial score (nSPS) is 14.7. The maximum atomic E-state index is 12.4. The molecule has 1 saturated carbocycles. The van der Waals surface area contributed by atoms with Crippen molar-refractivity contribution in [2.75, 3.05) is 6.61 Å². The SMILES string of the molecule is O=C(COc1ccc2ccc(=O)oc2c1)NC(c1ccc(Cl)cc1)C1CC1. The van der Waals surface area contributed by atoms with E-state index in [1.807, 2.05) is 24.3 Å². The fourth-order valence-electron chi connectivity index (χ4n) is 3.07. The number of hydrogen-bond acceptors (Lipinski definition) is 4. The van der Waals surface area contributed by atoms with E-state index in [1.54, 1.807) is 24.3 Å². The molecule has 0 radical (unpaired) electrons. The molecule has 138 valence electrons. The van der Waals surface area contributed by atoms with E-state index in [4.69, 9.17) is 20.8 Å². The van der Waals surface area contributed by atoms with Gasteiger partial charge in [0, 0.05) is 22.5 Å². The monoisotopic (exact) mass is 383 g/mol. The summed E-state index contributed by atoms with van der Waals surface area (Å²) in [7, 11) is 0. The Morgan fingerprint density at radius 2 is 1.89 bits per heavy atom. The zero-order valence-corrected chi connectivity index (χ0v) is 15.2. The minimum atomic E-state index is -0.423. The van der Waals surface area contributed by atoms with Crippen LogP contribution in [0.15, 0.2) is 63.8 Å². The number of hydrogen-bond donors (Lipinski definition) is 1. The fourth-order valence-corrected chi connectivity index (χ4v) is 3.19. The minimum Gasteiger partial charge on any atom is -0.484 e. The van der Waals surface area contributed by atoms with Gasteiger partial charge >= 0.3 is 5.63 Å². The summed E-state index contributed by atoms with van der Waals surface area (Å²) < 4.78 is 10.7. The molecular weight excluding hydrogens is 366 g/mol. The number of fused-ring (bicyclic) bond motifs is 1. The van der Waals surface area contributed by atoms with Gasteiger partial charge in [0.2, 0.25) is 0 Å². The summed E-state index contributed by atoms with van der Waals surface area (Å²) in [6.45, 7) is -0.112. The first-order chi connectivity index (χ1) is 13.1. The zero-order valence-electron chi connectivity index (χ0n) is 14.5. The molecule has 3 aromatic rings. The second-order valence-electron chi connectivity index (χ2n) is 6.68. The van der Waals surface area contributed by atoms with Crippen LogP contribution in [0.1, 0.15) is 24.4 Å². The number of benzene rings is 2. The fraction of sp³-hybridized carbons (Fsp3) is 0.238. The first kappa shape index (κ1) is 17.6. The molecule has 1 atom stereocenters. The average molecular weight is 384 g/mol. The van der Waals surface area contributed by atoms with Crippen LogP contribution in [0.4, 0.5) is 0 Å². The Labute approximate surface area is 160 Å². The molecular formula is C21H18ClNO4. The van der Waals surface area contributed by atoms with Crippen LogP contribution >= 0.6 is 11.6 Å². The Bertz CT molecular complexity index is 1020. The van der Waals surface area contributed by atoms with Crippen LogP contribution in [0.5, 0.6) is 5.75 Å². The van der Waals surface area contributed by atoms with E-state index in [2.05, 4.69) is 5.32 Å². The van der Waals surface area contributed by atoms with Crippen molar-refractivity contribution in [1.82, 2.24) is 5.32 Å². The van der Waals surface area contributed by atoms with Gasteiger partial charge in [-0.2, -0.15) is 0 Å². The van der Waals surface area contributed by atoms with Crippen molar-refractivity contribution >= 4 is 28.5 Å². The molecule has 0 spiro atoms. The van der Waals surface area contributed by atoms with Gasteiger partial charge < -0.3 is 14.5 Å². The topological polar surface area (TPSA) is 68.5 Å². The zero-order chi connectivity index (χ0) is 18.8. The Kier molecular flexibility index (Phi) is 4.86. The van der Waals surface area contributed by atoms with Crippen molar-refractivity contribution in [3.63, 3.8) is 0 Å². The third-order valence-electron chi connectivity index (χ3n) is 4.60. The van der Waals surface area contributed by atoms with E-state index >= 15 is 0 Å². The summed E-state index contributed by atoms with van der Waals surface area (Å²) in [5, 5.41) is 4.52. The molecule has 0 saturated heterocycles. The summed E-state index contributed by atoms with van der Waals surface area (Å²) >= 11 is 5.95. The van der Waals surface area contributed by atoms with E-state index in [0.717, 1.165) is 23.8 Å². The highest BCUT2D eigenvalue weighted by molar-refractivity contribution is 6.30. The van der Waals surface area contributed by atoms with Gasteiger partial charge in [-0.15, -0.1) is 0 Å². The van der Waals surface area contributed by atoms with Crippen LogP contribution in [0.2, 0.25) is 5.02 Å². The summed E-state index contributed by atoms with van der Waals surface area (Å²) in [5.41, 5.74) is 1.05. The summed E-state index contributed by atoms with van der Waals surface area (Å²) in [6.07, 6.45) is 2.19. The highest BCUT2D eigenvalue weighted by atomic mass is 35.5. The Morgan fingerprint density at radius 3 is 2.63 bits per heavy atom. The molecule has 1 heterocycles. The lowest BCUT2D eigenvalue weighted by atomic mass is 10.0. The Balaban J connectivity index is 1.41. The molecule has 0 aliphatic heterocycles. The number of amides is 1. The highest BCUT2D eigenvalue weighted by Gasteiger charge is 2.33. The van der Waals surface area contributed by atoms with Crippen LogP contribution in [0.25, 0.3) is 11.0 Å². The Hall–Kier alpha value is -2.79. The number of ether oxygens (including phenoxy) is 1. The molecule has 6 heteroatoms. The average Bonchev–Trinajstić information content (AvgIpc) is 3.50. The van der Waals surface area contributed by atoms with E-state index in [1.165, 1.54) is 6.07 Å². The van der Waals surface area contributed by atoms with Gasteiger partial charge in [0.25, 0.3) is 5.91 Å². The number of carbonyl (C=O) groups excluding carboxylic acids is 1. The van der Waals surface area contributed by atoms with Gasteiger partial charge in [0.15, 0.2) is 6.61 Å². The summed E-state index contributed by atoms with van der Waals surface area (Å²) in [4.78, 5) is 23.7. The van der Waals surface area contributed by atoms with E-state index in [9.17, 15) is 9.59 Å². The van der Waals surface area contributed by atoms with Crippen LogP contribution in [-0.2, 0) is 4.79 Å². The lowest BCUT2D eigenvalue weighted by Crippen LogP contribution is -2.33. The second kappa shape index (κ2) is 7.45. The van der Waals surface area contributed by atoms with Gasteiger partial charge in [-0.3, -0.25) is 4.79 Å². The van der Waals surface area contributed by atoms with Crippen LogP contribution in [0, 0.1) is 5.92 Å². The van der Waals surface area contributed by atoms with Gasteiger partial charge in [0.05, 0.1) is 6.04 Å². The van der Waals surface area contributed by atoms with E-state index < -0.39 is 5.63 Å². The van der Waals surface area contributed by atoms with Crippen molar-refractivity contribution in [3.8, 4) is 5.75 Å². The maximum absolute atomic E-state index is 12.4. The molecule has 1 aromatic heterocycles. The van der Waals surface area contributed by atoms with Crippen molar-refractivity contribution < 1.29 is 13.9 Å². The lowest BCUT2D eigenvalue weighted by Gasteiger charge is -2.19. The molecule has 5 nitrogen and oxygen atoms in total. The van der Waals surface area contributed by atoms with Gasteiger partial charge in [-0.1, -0.05) is 23.7 Å². The first-order valence-corrected chi connectivity index (χ1v) is 9.18. The predicted molar refractivity (Wildman–Crippen MR) is 103 cm³/mol. The second-order valence-corrected chi connectivity index (χ2v) is 7.11. The third kappa shape index (κ3) is 4.31. The van der Waals surface area contributed by atoms with Crippen LogP contribution in [-0.4, -0.2) is 12.5 Å². The van der Waals surface area contributed by atoms with Gasteiger partial charge in [-0.25, -0.2) is 4.79 Å². The predicted octanol–water partition coefficient (Wildman–Crippen LogP) is 4.09. The molecule has 1 amide bonds. The minimum absolute atomic E-state index is 0.0343. The van der Waals surface area contributed by atoms with Crippen molar-refractivity contribution in [1.29, 1.82) is 0 Å². The molecule has 1 aliphatic carbocycles. The molecule has 0 bridgehead atoms. The third-order valence-corrected chi connectivity index (χ3v) is 4.86. The van der Waals surface area contributed by atoms with E-state index in [0.29, 0.717) is 22.3 Å². The largest absolute Gasteiger partial charge is 0.484 e. The van der Waals surface area contributed by atoms with Gasteiger partial charge in [0.1, 0.15) is 11.3 Å². The van der Waals surface area contributed by atoms with Crippen molar-refractivity contribution in [3.05, 3.63) is 75.6 Å². The smallest absolute Gasteiger partial charge is 0.336 e. The number of halogens is 1. The molecule has 27 heavy (non-hydrogen) atoms. The molecule has 1 aliphatic rings. The number of nitrogens with one attached hydrogen (secondary N) is 1. The summed E-state index contributed by atoms with van der Waals surface area (Å²) in [6, 6.07) is 15.7. The molecule has 4 rings (SSSR count). The first-order valence-electron chi connectivity index (χ1n) is 8.80. The number of carbonyl (C=O) groups is 1. The Morgan fingerprint density at radius 1 is 1.15 bits per heavy atom. The number of rotatable bonds is 6. The lowest BCUT2D eigenvalue weighted by molar-refractivity contribution is -0.124. The van der Waals surface area contributed by atoms with E-state index in [-0.39, 0.29) is 18.6 Å². The molecule has 2 aromatic carbocycles. The quantitative estimate of drug-likeness (QED) is 0.651. The highest BCUT2D eigenvalue weighted by Crippen LogP contribution is 2.41. The molecule has 1 unspecified atom stereocenters. The van der Waals surface area contributed by atoms with Gasteiger partial charge in [-0.05, 0) is 54.7 Å². The summed E-state index contributed by atoms with van der Waals surface area (Å²) in [5.74, 6) is 0.725. The van der Waals surface area contributed by atoms with Crippen molar-refractivity contribution in [2.24, 2.45) is 5.92 Å². The van der Waals surface area contributed by atoms with Crippen LogP contribution in [0.3, 0.4) is 0 Å². The maximum Gasteiger partial charge on any atom is 0.336 e. The molecule has 1 fully saturated rings. The van der Waals surface area contributed by atoms with Crippen molar-refractivity contribution in [2.45, 2.75) is 18.9 Å². The molecule has 1 N–H and O–H groups in total. The standard InChI is InChI=1S/C21H18ClNO4/c22-16-7-3-15(4-8-16)21(14-1-2-14)23-19(24)12-26-17-9-5-13-6-10-20(25)27-18(13)11-17/h3-11,14,21H,1-2,12H2,(H,23,24).